The first kappa shape index (κ1) is 9.92. The van der Waals surface area contributed by atoms with Crippen molar-refractivity contribution in [2.24, 2.45) is 0 Å². The highest BCUT2D eigenvalue weighted by atomic mass is 28.3. The van der Waals surface area contributed by atoms with E-state index >= 15 is 0 Å². The third kappa shape index (κ3) is 2.67. The molecule has 0 N–H and O–H groups in total. The van der Waals surface area contributed by atoms with Crippen LogP contribution in [-0.4, -0.2) is 32.7 Å². The maximum absolute atomic E-state index is 3.84. The molecular weight excluding hydrogens is 138 g/mol. The fourth-order valence-electron chi connectivity index (χ4n) is 1.34. The molecule has 0 aromatic carbocycles. The Balaban J connectivity index is 4.21. The van der Waals surface area contributed by atoms with Crippen LogP contribution < -0.4 is 0 Å². The molecular formula is C8H19NSi. The van der Waals surface area contributed by atoms with E-state index in [1.54, 1.807) is 0 Å². The van der Waals surface area contributed by atoms with Crippen LogP contribution in [0.4, 0.5) is 0 Å². The van der Waals surface area contributed by atoms with Gasteiger partial charge in [0.1, 0.15) is 0 Å². The summed E-state index contributed by atoms with van der Waals surface area (Å²) >= 11 is 0. The summed E-state index contributed by atoms with van der Waals surface area (Å²) in [4.78, 5) is 2.25. The van der Waals surface area contributed by atoms with E-state index in [4.69, 9.17) is 0 Å². The van der Waals surface area contributed by atoms with Crippen molar-refractivity contribution in [1.29, 1.82) is 0 Å². The minimum atomic E-state index is -1.04. The van der Waals surface area contributed by atoms with Crippen LogP contribution in [0, 0.1) is 0 Å². The minimum absolute atomic E-state index is 0.604. The molecule has 0 saturated carbocycles. The van der Waals surface area contributed by atoms with Crippen molar-refractivity contribution in [3.05, 3.63) is 12.7 Å². The quantitative estimate of drug-likeness (QED) is 0.447. The van der Waals surface area contributed by atoms with Gasteiger partial charge in [-0.3, -0.25) is 0 Å². The van der Waals surface area contributed by atoms with Gasteiger partial charge < -0.3 is 4.90 Å². The Morgan fingerprint density at radius 3 is 1.70 bits per heavy atom. The van der Waals surface area contributed by atoms with Gasteiger partial charge in [-0.25, -0.2) is 0 Å². The lowest BCUT2D eigenvalue weighted by Gasteiger charge is -2.31. The van der Waals surface area contributed by atoms with Crippen LogP contribution in [0.1, 0.15) is 0 Å². The average Bonchev–Trinajstić information content (AvgIpc) is 1.60. The Morgan fingerprint density at radius 1 is 1.30 bits per heavy atom. The third-order valence-corrected chi connectivity index (χ3v) is 4.19. The SMILES string of the molecule is C=CC(N(C)C)[Si](C)(C)C. The first-order valence-corrected chi connectivity index (χ1v) is 7.26. The van der Waals surface area contributed by atoms with Crippen LogP contribution in [-0.2, 0) is 0 Å². The summed E-state index contributed by atoms with van der Waals surface area (Å²) < 4.78 is 0. The summed E-state index contributed by atoms with van der Waals surface area (Å²) in [5, 5.41) is 0. The molecule has 0 bridgehead atoms. The summed E-state index contributed by atoms with van der Waals surface area (Å²) in [6.07, 6.45) is 2.06. The monoisotopic (exact) mass is 157 g/mol. The van der Waals surface area contributed by atoms with Crippen LogP contribution in [0.3, 0.4) is 0 Å². The average molecular weight is 157 g/mol. The lowest BCUT2D eigenvalue weighted by atomic mass is 10.6. The fraction of sp³-hybridized carbons (Fsp3) is 0.750. The molecule has 1 atom stereocenters. The van der Waals surface area contributed by atoms with Gasteiger partial charge in [-0.15, -0.1) is 6.58 Å². The van der Waals surface area contributed by atoms with E-state index in [9.17, 15) is 0 Å². The van der Waals surface area contributed by atoms with Gasteiger partial charge in [-0.1, -0.05) is 25.7 Å². The van der Waals surface area contributed by atoms with E-state index in [0.717, 1.165) is 0 Å². The molecule has 10 heavy (non-hydrogen) atoms. The van der Waals surface area contributed by atoms with Crippen LogP contribution in [0.2, 0.25) is 19.6 Å². The van der Waals surface area contributed by atoms with Crippen LogP contribution in [0.25, 0.3) is 0 Å². The zero-order chi connectivity index (χ0) is 8.36. The van der Waals surface area contributed by atoms with E-state index in [1.165, 1.54) is 0 Å². The number of hydrogen-bond donors (Lipinski definition) is 0. The second kappa shape index (κ2) is 3.35. The third-order valence-electron chi connectivity index (χ3n) is 1.67. The Kier molecular flexibility index (Phi) is 3.32. The Morgan fingerprint density at radius 2 is 1.70 bits per heavy atom. The summed E-state index contributed by atoms with van der Waals surface area (Å²) in [7, 11) is 3.19. The molecule has 0 aliphatic rings. The van der Waals surface area contributed by atoms with E-state index < -0.39 is 8.07 Å². The predicted octanol–water partition coefficient (Wildman–Crippen LogP) is 1.98. The van der Waals surface area contributed by atoms with E-state index in [0.29, 0.717) is 5.67 Å². The van der Waals surface area contributed by atoms with Crippen molar-refractivity contribution in [3.8, 4) is 0 Å². The summed E-state index contributed by atoms with van der Waals surface area (Å²) in [6, 6.07) is 0. The highest BCUT2D eigenvalue weighted by Crippen LogP contribution is 2.12. The molecule has 1 nitrogen and oxygen atoms in total. The maximum atomic E-state index is 3.84. The normalized spacial score (nSPS) is 15.4. The lowest BCUT2D eigenvalue weighted by molar-refractivity contribution is 0.410. The fourth-order valence-corrected chi connectivity index (χ4v) is 3.60. The van der Waals surface area contributed by atoms with E-state index in [2.05, 4.69) is 51.3 Å². The lowest BCUT2D eigenvalue weighted by Crippen LogP contribution is -2.46. The Labute approximate surface area is 65.7 Å². The molecule has 0 aliphatic heterocycles. The molecule has 0 aromatic rings. The molecule has 0 amide bonds. The summed E-state index contributed by atoms with van der Waals surface area (Å²) in [6.45, 7) is 10.9. The number of nitrogens with zero attached hydrogens (tertiary/aromatic N) is 1. The first-order valence-electron chi connectivity index (χ1n) is 3.68. The number of rotatable bonds is 3. The second-order valence-corrected chi connectivity index (χ2v) is 9.33. The highest BCUT2D eigenvalue weighted by Gasteiger charge is 2.25. The zero-order valence-electron chi connectivity index (χ0n) is 7.81. The Bertz CT molecular complexity index is 113. The van der Waals surface area contributed by atoms with Crippen LogP contribution in [0.5, 0.6) is 0 Å². The van der Waals surface area contributed by atoms with Crippen molar-refractivity contribution in [2.75, 3.05) is 14.1 Å². The van der Waals surface area contributed by atoms with Crippen molar-refractivity contribution < 1.29 is 0 Å². The zero-order valence-corrected chi connectivity index (χ0v) is 8.81. The van der Waals surface area contributed by atoms with Gasteiger partial charge in [0.05, 0.1) is 8.07 Å². The molecule has 0 spiro atoms. The van der Waals surface area contributed by atoms with Gasteiger partial charge in [-0.05, 0) is 14.1 Å². The van der Waals surface area contributed by atoms with Gasteiger partial charge in [-0.2, -0.15) is 0 Å². The summed E-state index contributed by atoms with van der Waals surface area (Å²) in [5.74, 6) is 0. The number of likely N-dealkylation sites (N-methyl/N-ethyl adjacent to an activating group) is 1. The molecule has 0 rings (SSSR count). The van der Waals surface area contributed by atoms with Crippen LogP contribution in [0.15, 0.2) is 12.7 Å². The molecule has 0 radical (unpaired) electrons. The molecule has 0 aliphatic carbocycles. The van der Waals surface area contributed by atoms with Crippen molar-refractivity contribution in [3.63, 3.8) is 0 Å². The Hall–Kier alpha value is -0.0831. The highest BCUT2D eigenvalue weighted by molar-refractivity contribution is 6.78. The molecule has 0 heterocycles. The molecule has 0 fully saturated rings. The second-order valence-electron chi connectivity index (χ2n) is 4.01. The summed E-state index contributed by atoms with van der Waals surface area (Å²) in [5.41, 5.74) is 0.604. The molecule has 60 valence electrons. The molecule has 0 aromatic heterocycles. The molecule has 2 heteroatoms. The van der Waals surface area contributed by atoms with Crippen LogP contribution >= 0.6 is 0 Å². The van der Waals surface area contributed by atoms with Gasteiger partial charge in [0, 0.05) is 5.67 Å². The first-order chi connectivity index (χ1) is 4.39. The van der Waals surface area contributed by atoms with Crippen molar-refractivity contribution in [1.82, 2.24) is 4.90 Å². The standard InChI is InChI=1S/C8H19NSi/c1-7-8(9(2)3)10(4,5)6/h7-8H,1H2,2-6H3. The van der Waals surface area contributed by atoms with Gasteiger partial charge in [0.25, 0.3) is 0 Å². The van der Waals surface area contributed by atoms with Crippen molar-refractivity contribution in [2.45, 2.75) is 25.3 Å². The molecule has 0 saturated heterocycles. The van der Waals surface area contributed by atoms with Gasteiger partial charge >= 0.3 is 0 Å². The smallest absolute Gasteiger partial charge is 0.0686 e. The maximum Gasteiger partial charge on any atom is 0.0686 e. The van der Waals surface area contributed by atoms with E-state index in [-0.39, 0.29) is 0 Å². The topological polar surface area (TPSA) is 3.24 Å². The van der Waals surface area contributed by atoms with Crippen molar-refractivity contribution >= 4 is 8.07 Å². The minimum Gasteiger partial charge on any atom is -0.306 e. The van der Waals surface area contributed by atoms with E-state index in [1.807, 2.05) is 0 Å². The molecule has 1 unspecified atom stereocenters. The predicted molar refractivity (Wildman–Crippen MR) is 51.0 cm³/mol. The largest absolute Gasteiger partial charge is 0.306 e. The number of hydrogen-bond acceptors (Lipinski definition) is 1. The van der Waals surface area contributed by atoms with Gasteiger partial charge in [0.15, 0.2) is 0 Å². The van der Waals surface area contributed by atoms with Gasteiger partial charge in [0.2, 0.25) is 0 Å².